The van der Waals surface area contributed by atoms with E-state index in [2.05, 4.69) is 4.90 Å². The molecule has 2 N–H and O–H groups in total. The van der Waals surface area contributed by atoms with Crippen molar-refractivity contribution in [2.75, 3.05) is 34.2 Å². The minimum Gasteiger partial charge on any atom is -0.329 e. The maximum Gasteiger partial charge on any atom is 0.242 e. The molecular weight excluding hydrogens is 250 g/mol. The Labute approximate surface area is 109 Å². The van der Waals surface area contributed by atoms with E-state index in [9.17, 15) is 8.42 Å². The lowest BCUT2D eigenvalue weighted by Gasteiger charge is -2.16. The summed E-state index contributed by atoms with van der Waals surface area (Å²) in [7, 11) is 1.70. The predicted octanol–water partition coefficient (Wildman–Crippen LogP) is 0.327. The van der Waals surface area contributed by atoms with Crippen LogP contribution in [0.3, 0.4) is 0 Å². The van der Waals surface area contributed by atoms with Gasteiger partial charge in [-0.05, 0) is 24.7 Å². The standard InChI is InChI=1S/C12H21N3O2S/c1-14(2)18(16,17)12-6-4-11(5-7-12)10-15(3)9-8-13/h4-7H,8-10,13H2,1-3H3. The first-order chi connectivity index (χ1) is 8.37. The smallest absolute Gasteiger partial charge is 0.242 e. The molecule has 102 valence electrons. The van der Waals surface area contributed by atoms with Crippen molar-refractivity contribution >= 4 is 10.0 Å². The molecule has 0 spiro atoms. The highest BCUT2D eigenvalue weighted by Gasteiger charge is 2.16. The molecule has 0 aliphatic rings. The van der Waals surface area contributed by atoms with Gasteiger partial charge in [-0.15, -0.1) is 0 Å². The van der Waals surface area contributed by atoms with E-state index in [1.54, 1.807) is 12.1 Å². The summed E-state index contributed by atoms with van der Waals surface area (Å²) in [4.78, 5) is 2.41. The summed E-state index contributed by atoms with van der Waals surface area (Å²) < 4.78 is 24.9. The molecule has 0 bridgehead atoms. The van der Waals surface area contributed by atoms with E-state index < -0.39 is 10.0 Å². The third-order valence-corrected chi connectivity index (χ3v) is 4.49. The quantitative estimate of drug-likeness (QED) is 0.809. The summed E-state index contributed by atoms with van der Waals surface area (Å²) in [6, 6.07) is 6.95. The van der Waals surface area contributed by atoms with E-state index in [0.717, 1.165) is 18.7 Å². The molecule has 0 unspecified atom stereocenters. The molecule has 0 aliphatic heterocycles. The van der Waals surface area contributed by atoms with Crippen molar-refractivity contribution < 1.29 is 8.42 Å². The highest BCUT2D eigenvalue weighted by molar-refractivity contribution is 7.89. The van der Waals surface area contributed by atoms with Crippen molar-refractivity contribution in [2.24, 2.45) is 5.73 Å². The van der Waals surface area contributed by atoms with Gasteiger partial charge in [-0.3, -0.25) is 0 Å². The second kappa shape index (κ2) is 6.29. The number of likely N-dealkylation sites (N-methyl/N-ethyl adjacent to an activating group) is 1. The second-order valence-electron chi connectivity index (χ2n) is 4.46. The summed E-state index contributed by atoms with van der Waals surface area (Å²) in [6.45, 7) is 2.20. The van der Waals surface area contributed by atoms with E-state index >= 15 is 0 Å². The van der Waals surface area contributed by atoms with Gasteiger partial charge in [0.2, 0.25) is 10.0 Å². The SMILES string of the molecule is CN(CCN)Cc1ccc(S(=O)(=O)N(C)C)cc1. The van der Waals surface area contributed by atoms with E-state index in [4.69, 9.17) is 5.73 Å². The molecule has 0 saturated heterocycles. The van der Waals surface area contributed by atoms with E-state index in [1.165, 1.54) is 18.4 Å². The zero-order valence-corrected chi connectivity index (χ0v) is 11.9. The average Bonchev–Trinajstić information content (AvgIpc) is 2.29. The van der Waals surface area contributed by atoms with Crippen molar-refractivity contribution in [1.82, 2.24) is 9.21 Å². The zero-order valence-electron chi connectivity index (χ0n) is 11.1. The van der Waals surface area contributed by atoms with Crippen LogP contribution in [0.25, 0.3) is 0 Å². The molecule has 0 atom stereocenters. The van der Waals surface area contributed by atoms with Crippen molar-refractivity contribution in [2.45, 2.75) is 11.4 Å². The van der Waals surface area contributed by atoms with Crippen LogP contribution in [0.1, 0.15) is 5.56 Å². The molecule has 0 aliphatic carbocycles. The molecule has 0 heterocycles. The van der Waals surface area contributed by atoms with Crippen LogP contribution in [0.5, 0.6) is 0 Å². The van der Waals surface area contributed by atoms with Crippen molar-refractivity contribution in [3.63, 3.8) is 0 Å². The number of sulfonamides is 1. The van der Waals surface area contributed by atoms with Crippen LogP contribution in [-0.4, -0.2) is 51.9 Å². The zero-order chi connectivity index (χ0) is 13.8. The Balaban J connectivity index is 2.81. The molecule has 18 heavy (non-hydrogen) atoms. The van der Waals surface area contributed by atoms with E-state index in [1.807, 2.05) is 19.2 Å². The molecule has 1 rings (SSSR count). The largest absolute Gasteiger partial charge is 0.329 e. The van der Waals surface area contributed by atoms with Gasteiger partial charge in [-0.2, -0.15) is 0 Å². The van der Waals surface area contributed by atoms with E-state index in [-0.39, 0.29) is 0 Å². The fraction of sp³-hybridized carbons (Fsp3) is 0.500. The third-order valence-electron chi connectivity index (χ3n) is 2.67. The van der Waals surface area contributed by atoms with Gasteiger partial charge in [0, 0.05) is 33.7 Å². The monoisotopic (exact) mass is 271 g/mol. The van der Waals surface area contributed by atoms with Gasteiger partial charge >= 0.3 is 0 Å². The molecule has 0 amide bonds. The Morgan fingerprint density at radius 2 is 1.67 bits per heavy atom. The molecule has 0 aromatic heterocycles. The third kappa shape index (κ3) is 3.78. The second-order valence-corrected chi connectivity index (χ2v) is 6.61. The number of benzene rings is 1. The van der Waals surface area contributed by atoms with Crippen molar-refractivity contribution in [1.29, 1.82) is 0 Å². The van der Waals surface area contributed by atoms with Crippen LogP contribution in [-0.2, 0) is 16.6 Å². The minimum atomic E-state index is -3.33. The number of hydrogen-bond acceptors (Lipinski definition) is 4. The van der Waals surface area contributed by atoms with Crippen LogP contribution in [0, 0.1) is 0 Å². The topological polar surface area (TPSA) is 66.6 Å². The molecule has 5 nitrogen and oxygen atoms in total. The number of nitrogens with zero attached hydrogens (tertiary/aromatic N) is 2. The molecular formula is C12H21N3O2S. The highest BCUT2D eigenvalue weighted by Crippen LogP contribution is 2.14. The van der Waals surface area contributed by atoms with Gasteiger partial charge in [-0.25, -0.2) is 12.7 Å². The fourth-order valence-corrected chi connectivity index (χ4v) is 2.49. The van der Waals surface area contributed by atoms with Crippen molar-refractivity contribution in [3.8, 4) is 0 Å². The lowest BCUT2D eigenvalue weighted by Crippen LogP contribution is -2.25. The summed E-state index contributed by atoms with van der Waals surface area (Å²) in [5.41, 5.74) is 6.54. The van der Waals surface area contributed by atoms with Crippen LogP contribution in [0.4, 0.5) is 0 Å². The van der Waals surface area contributed by atoms with E-state index in [0.29, 0.717) is 11.4 Å². The number of hydrogen-bond donors (Lipinski definition) is 1. The Hall–Kier alpha value is -0.950. The minimum absolute atomic E-state index is 0.317. The highest BCUT2D eigenvalue weighted by atomic mass is 32.2. The maximum atomic E-state index is 11.9. The van der Waals surface area contributed by atoms with Crippen LogP contribution >= 0.6 is 0 Å². The fourth-order valence-electron chi connectivity index (χ4n) is 1.59. The molecule has 1 aromatic rings. The summed E-state index contributed by atoms with van der Waals surface area (Å²) in [5, 5.41) is 0. The Morgan fingerprint density at radius 1 is 1.11 bits per heavy atom. The predicted molar refractivity (Wildman–Crippen MR) is 72.7 cm³/mol. The molecule has 0 saturated carbocycles. The van der Waals surface area contributed by atoms with Gasteiger partial charge in [0.05, 0.1) is 4.90 Å². The van der Waals surface area contributed by atoms with Gasteiger partial charge in [0.25, 0.3) is 0 Å². The number of nitrogens with two attached hydrogens (primary N) is 1. The van der Waals surface area contributed by atoms with Crippen LogP contribution < -0.4 is 5.73 Å². The lowest BCUT2D eigenvalue weighted by molar-refractivity contribution is 0.336. The van der Waals surface area contributed by atoms with Gasteiger partial charge in [0.1, 0.15) is 0 Å². The molecule has 0 fully saturated rings. The average molecular weight is 271 g/mol. The first-order valence-corrected chi connectivity index (χ1v) is 7.22. The Morgan fingerprint density at radius 3 is 2.11 bits per heavy atom. The summed E-state index contributed by atoms with van der Waals surface area (Å²) >= 11 is 0. The van der Waals surface area contributed by atoms with Gasteiger partial charge < -0.3 is 10.6 Å². The maximum absolute atomic E-state index is 11.9. The summed E-state index contributed by atoms with van der Waals surface area (Å²) in [5.74, 6) is 0. The van der Waals surface area contributed by atoms with Crippen molar-refractivity contribution in [3.05, 3.63) is 29.8 Å². The van der Waals surface area contributed by atoms with Crippen LogP contribution in [0.2, 0.25) is 0 Å². The Kier molecular flexibility index (Phi) is 5.28. The van der Waals surface area contributed by atoms with Gasteiger partial charge in [-0.1, -0.05) is 12.1 Å². The van der Waals surface area contributed by atoms with Crippen LogP contribution in [0.15, 0.2) is 29.2 Å². The molecule has 6 heteroatoms. The molecule has 0 radical (unpaired) electrons. The normalized spacial score (nSPS) is 12.3. The van der Waals surface area contributed by atoms with Gasteiger partial charge in [0.15, 0.2) is 0 Å². The first-order valence-electron chi connectivity index (χ1n) is 5.78. The number of rotatable bonds is 6. The lowest BCUT2D eigenvalue weighted by atomic mass is 10.2. The first kappa shape index (κ1) is 15.1. The Bertz CT molecular complexity index is 469. The molecule has 1 aromatic carbocycles. The summed E-state index contributed by atoms with van der Waals surface area (Å²) in [6.07, 6.45) is 0.